The van der Waals surface area contributed by atoms with Crippen LogP contribution in [0.3, 0.4) is 0 Å². The fourth-order valence-electron chi connectivity index (χ4n) is 1.37. The Hall–Kier alpha value is -2.03. The maximum atomic E-state index is 12.3. The van der Waals surface area contributed by atoms with Crippen molar-refractivity contribution in [3.05, 3.63) is 24.0 Å². The van der Waals surface area contributed by atoms with E-state index in [9.17, 15) is 27.9 Å². The lowest BCUT2D eigenvalue weighted by molar-refractivity contribution is -0.155. The zero-order chi connectivity index (χ0) is 15.6. The molecule has 3 N–H and O–H groups in total. The zero-order valence-electron chi connectivity index (χ0n) is 10.4. The number of amides is 1. The van der Waals surface area contributed by atoms with E-state index in [1.54, 1.807) is 0 Å². The van der Waals surface area contributed by atoms with Crippen molar-refractivity contribution in [1.29, 1.82) is 0 Å². The number of alkyl halides is 3. The maximum Gasteiger partial charge on any atom is 0.406 e. The first kappa shape index (κ1) is 16.0. The van der Waals surface area contributed by atoms with E-state index in [2.05, 4.69) is 5.32 Å². The number of aliphatic carboxylic acids is 1. The number of hydrogen-bond donors (Lipinski definition) is 3. The van der Waals surface area contributed by atoms with Crippen LogP contribution in [0.15, 0.2) is 18.3 Å². The van der Waals surface area contributed by atoms with Crippen LogP contribution >= 0.6 is 0 Å². The minimum Gasteiger partial charge on any atom is -0.479 e. The number of carbonyl (C=O) groups is 2. The molecule has 1 rings (SSSR count). The molecule has 0 spiro atoms. The van der Waals surface area contributed by atoms with Gasteiger partial charge in [0, 0.05) is 6.20 Å². The van der Waals surface area contributed by atoms with Crippen molar-refractivity contribution in [3.8, 4) is 0 Å². The quantitative estimate of drug-likeness (QED) is 0.742. The molecule has 1 aromatic rings. The highest BCUT2D eigenvalue weighted by molar-refractivity contribution is 5.93. The van der Waals surface area contributed by atoms with E-state index in [0.717, 1.165) is 19.2 Å². The number of carbonyl (C=O) groups excluding carboxylic acids is 1. The molecule has 1 aromatic heterocycles. The van der Waals surface area contributed by atoms with Crippen LogP contribution in [0.25, 0.3) is 0 Å². The van der Waals surface area contributed by atoms with E-state index < -0.39 is 36.7 Å². The van der Waals surface area contributed by atoms with Crippen LogP contribution in [0.5, 0.6) is 0 Å². The highest BCUT2D eigenvalue weighted by Gasteiger charge is 2.32. The van der Waals surface area contributed by atoms with E-state index >= 15 is 0 Å². The summed E-state index contributed by atoms with van der Waals surface area (Å²) in [5.74, 6) is -2.45. The van der Waals surface area contributed by atoms with Crippen LogP contribution < -0.4 is 5.32 Å². The van der Waals surface area contributed by atoms with Crippen molar-refractivity contribution in [2.75, 3.05) is 6.54 Å². The molecule has 0 fully saturated rings. The number of hydrogen-bond acceptors (Lipinski definition) is 3. The van der Waals surface area contributed by atoms with Gasteiger partial charge < -0.3 is 20.1 Å². The number of aromatic nitrogens is 1. The average Bonchev–Trinajstić information content (AvgIpc) is 2.71. The third-order valence-corrected chi connectivity index (χ3v) is 2.47. The Kier molecular flexibility index (Phi) is 4.43. The van der Waals surface area contributed by atoms with Crippen molar-refractivity contribution in [3.63, 3.8) is 0 Å². The number of halogens is 3. The van der Waals surface area contributed by atoms with Gasteiger partial charge in [-0.05, 0) is 19.1 Å². The SMILES string of the molecule is CC(O)(CNC(=O)c1cccn1CC(F)(F)F)C(=O)O. The summed E-state index contributed by atoms with van der Waals surface area (Å²) in [5, 5.41) is 20.1. The summed E-state index contributed by atoms with van der Waals surface area (Å²) in [6.07, 6.45) is -3.40. The molecule has 0 aliphatic carbocycles. The van der Waals surface area contributed by atoms with Crippen LogP contribution in [-0.2, 0) is 11.3 Å². The van der Waals surface area contributed by atoms with Gasteiger partial charge in [0.25, 0.3) is 5.91 Å². The summed E-state index contributed by atoms with van der Waals surface area (Å²) < 4.78 is 37.5. The summed E-state index contributed by atoms with van der Waals surface area (Å²) in [4.78, 5) is 22.3. The average molecular weight is 294 g/mol. The van der Waals surface area contributed by atoms with Crippen molar-refractivity contribution >= 4 is 11.9 Å². The van der Waals surface area contributed by atoms with E-state index in [1.807, 2.05) is 0 Å². The molecule has 1 atom stereocenters. The molecule has 0 aromatic carbocycles. The standard InChI is InChI=1S/C11H13F3N2O4/c1-10(20,9(18)19)5-15-8(17)7-3-2-4-16(7)6-11(12,13)14/h2-4,20H,5-6H2,1H3,(H,15,17)(H,18,19). The molecule has 0 radical (unpaired) electrons. The van der Waals surface area contributed by atoms with Crippen molar-refractivity contribution < 1.29 is 33.0 Å². The van der Waals surface area contributed by atoms with E-state index in [1.165, 1.54) is 6.07 Å². The molecule has 112 valence electrons. The molecular formula is C11H13F3N2O4. The van der Waals surface area contributed by atoms with Crippen LogP contribution in [0.4, 0.5) is 13.2 Å². The highest BCUT2D eigenvalue weighted by Crippen LogP contribution is 2.19. The molecule has 0 aliphatic rings. The van der Waals surface area contributed by atoms with Crippen molar-refractivity contribution in [1.82, 2.24) is 9.88 Å². The van der Waals surface area contributed by atoms with Gasteiger partial charge in [-0.2, -0.15) is 13.2 Å². The van der Waals surface area contributed by atoms with Crippen LogP contribution in [0.2, 0.25) is 0 Å². The van der Waals surface area contributed by atoms with Gasteiger partial charge >= 0.3 is 12.1 Å². The Morgan fingerprint density at radius 1 is 1.40 bits per heavy atom. The van der Waals surface area contributed by atoms with Crippen LogP contribution in [0, 0.1) is 0 Å². The van der Waals surface area contributed by atoms with Crippen molar-refractivity contribution in [2.24, 2.45) is 0 Å². The highest BCUT2D eigenvalue weighted by atomic mass is 19.4. The minimum absolute atomic E-state index is 0.275. The minimum atomic E-state index is -4.49. The molecule has 0 bridgehead atoms. The van der Waals surface area contributed by atoms with Gasteiger partial charge in [0.15, 0.2) is 5.60 Å². The molecule has 1 amide bonds. The summed E-state index contributed by atoms with van der Waals surface area (Å²) in [7, 11) is 0. The molecule has 9 heteroatoms. The summed E-state index contributed by atoms with van der Waals surface area (Å²) in [6, 6.07) is 2.42. The first-order valence-electron chi connectivity index (χ1n) is 5.49. The van der Waals surface area contributed by atoms with Gasteiger partial charge in [-0.25, -0.2) is 4.79 Å². The van der Waals surface area contributed by atoms with Gasteiger partial charge in [0.1, 0.15) is 12.2 Å². The molecule has 0 aliphatic heterocycles. The van der Waals surface area contributed by atoms with E-state index in [0.29, 0.717) is 4.57 Å². The van der Waals surface area contributed by atoms with Gasteiger partial charge in [-0.15, -0.1) is 0 Å². The number of aliphatic hydroxyl groups is 1. The second-order valence-corrected chi connectivity index (χ2v) is 4.40. The first-order valence-corrected chi connectivity index (χ1v) is 5.49. The predicted octanol–water partition coefficient (Wildman–Crippen LogP) is 0.616. The third kappa shape index (κ3) is 4.26. The normalized spacial score (nSPS) is 14.7. The van der Waals surface area contributed by atoms with Crippen LogP contribution in [-0.4, -0.2) is 45.0 Å². The zero-order valence-corrected chi connectivity index (χ0v) is 10.4. The Labute approximate surface area is 111 Å². The Bertz CT molecular complexity index is 508. The van der Waals surface area contributed by atoms with Crippen molar-refractivity contribution in [2.45, 2.75) is 25.2 Å². The smallest absolute Gasteiger partial charge is 0.406 e. The first-order chi connectivity index (χ1) is 9.03. The number of carboxylic acids is 1. The predicted molar refractivity (Wildman–Crippen MR) is 61.1 cm³/mol. The fourth-order valence-corrected chi connectivity index (χ4v) is 1.37. The van der Waals surface area contributed by atoms with Gasteiger partial charge in [0.2, 0.25) is 0 Å². The van der Waals surface area contributed by atoms with Gasteiger partial charge in [-0.3, -0.25) is 4.79 Å². The molecule has 1 unspecified atom stereocenters. The van der Waals surface area contributed by atoms with Gasteiger partial charge in [0.05, 0.1) is 6.54 Å². The molecule has 20 heavy (non-hydrogen) atoms. The molecule has 0 saturated heterocycles. The second kappa shape index (κ2) is 5.53. The van der Waals surface area contributed by atoms with E-state index in [4.69, 9.17) is 5.11 Å². The number of rotatable bonds is 5. The monoisotopic (exact) mass is 294 g/mol. The lowest BCUT2D eigenvalue weighted by Gasteiger charge is -2.18. The topological polar surface area (TPSA) is 91.6 Å². The number of nitrogens with zero attached hydrogens (tertiary/aromatic N) is 1. The Morgan fingerprint density at radius 3 is 2.50 bits per heavy atom. The summed E-state index contributed by atoms with van der Waals surface area (Å²) in [5.41, 5.74) is -2.47. The third-order valence-electron chi connectivity index (χ3n) is 2.47. The molecule has 6 nitrogen and oxygen atoms in total. The fraction of sp³-hybridized carbons (Fsp3) is 0.455. The number of carboxylic acid groups (broad SMARTS) is 1. The lowest BCUT2D eigenvalue weighted by atomic mass is 10.1. The summed E-state index contributed by atoms with van der Waals surface area (Å²) in [6.45, 7) is -0.999. The van der Waals surface area contributed by atoms with Gasteiger partial charge in [-0.1, -0.05) is 0 Å². The second-order valence-electron chi connectivity index (χ2n) is 4.40. The molecular weight excluding hydrogens is 281 g/mol. The Morgan fingerprint density at radius 2 is 2.00 bits per heavy atom. The summed E-state index contributed by atoms with van der Waals surface area (Å²) >= 11 is 0. The van der Waals surface area contributed by atoms with Crippen LogP contribution in [0.1, 0.15) is 17.4 Å². The Balaban J connectivity index is 2.75. The maximum absolute atomic E-state index is 12.3. The van der Waals surface area contributed by atoms with E-state index in [-0.39, 0.29) is 5.69 Å². The number of nitrogens with one attached hydrogen (secondary N) is 1. The molecule has 0 saturated carbocycles. The largest absolute Gasteiger partial charge is 0.479 e. The molecule has 1 heterocycles. The lowest BCUT2D eigenvalue weighted by Crippen LogP contribution is -2.46.